The van der Waals surface area contributed by atoms with Crippen LogP contribution in [-0.4, -0.2) is 42.6 Å². The topological polar surface area (TPSA) is 130 Å². The van der Waals surface area contributed by atoms with Crippen LogP contribution in [0.25, 0.3) is 22.5 Å². The van der Waals surface area contributed by atoms with Crippen molar-refractivity contribution in [1.82, 2.24) is 19.9 Å². The van der Waals surface area contributed by atoms with Gasteiger partial charge in [-0.15, -0.1) is 0 Å². The Morgan fingerprint density at radius 3 is 1.86 bits per heavy atom. The van der Waals surface area contributed by atoms with Gasteiger partial charge in [-0.25, -0.2) is 33.5 Å². The highest BCUT2D eigenvalue weighted by atomic mass is 35.5. The molecule has 3 aromatic rings. The summed E-state index contributed by atoms with van der Waals surface area (Å²) < 4.78 is 34.4. The van der Waals surface area contributed by atoms with Crippen molar-refractivity contribution in [3.63, 3.8) is 0 Å². The van der Waals surface area contributed by atoms with E-state index in [9.17, 15) is 8.42 Å². The van der Waals surface area contributed by atoms with Crippen molar-refractivity contribution in [2.75, 3.05) is 14.2 Å². The molecule has 1 aromatic carbocycles. The third-order valence-corrected chi connectivity index (χ3v) is 5.00. The second-order valence-electron chi connectivity index (χ2n) is 5.36. The Morgan fingerprint density at radius 2 is 1.39 bits per heavy atom. The third kappa shape index (κ3) is 3.99. The Hall–Kier alpha value is -2.53. The maximum atomic E-state index is 11.9. The summed E-state index contributed by atoms with van der Waals surface area (Å²) in [5.74, 6) is 0.574. The summed E-state index contributed by atoms with van der Waals surface area (Å²) in [6.07, 6.45) is 2.76. The molecule has 0 bridgehead atoms. The molecule has 0 atom stereocenters. The summed E-state index contributed by atoms with van der Waals surface area (Å²) in [6, 6.07) is 4.17. The number of aromatic nitrogens is 4. The Morgan fingerprint density at radius 1 is 0.893 bits per heavy atom. The van der Waals surface area contributed by atoms with Crippen molar-refractivity contribution >= 4 is 33.2 Å². The number of hydrogen-bond donors (Lipinski definition) is 1. The minimum absolute atomic E-state index is 0.0232. The molecule has 2 aromatic heterocycles. The van der Waals surface area contributed by atoms with Crippen molar-refractivity contribution < 1.29 is 17.9 Å². The molecular formula is C16H13Cl2N5O4S. The van der Waals surface area contributed by atoms with Gasteiger partial charge in [-0.05, 0) is 35.3 Å². The van der Waals surface area contributed by atoms with Crippen molar-refractivity contribution in [2.45, 2.75) is 4.90 Å². The van der Waals surface area contributed by atoms with Crippen LogP contribution in [0.5, 0.6) is 11.5 Å². The maximum Gasteiger partial charge on any atom is 0.238 e. The van der Waals surface area contributed by atoms with E-state index in [0.717, 1.165) is 0 Å². The number of hydrogen-bond acceptors (Lipinski definition) is 8. The molecule has 2 N–H and O–H groups in total. The summed E-state index contributed by atoms with van der Waals surface area (Å²) in [5.41, 5.74) is 1.32. The molecule has 146 valence electrons. The van der Waals surface area contributed by atoms with Crippen LogP contribution in [0.15, 0.2) is 35.5 Å². The van der Waals surface area contributed by atoms with Crippen LogP contribution in [0, 0.1) is 0 Å². The maximum absolute atomic E-state index is 11.9. The SMILES string of the molecule is COc1cnc(Cl)nc1-c1ccc(S(N)(=O)=O)cc1-c1nc(Cl)ncc1OC. The molecule has 9 nitrogen and oxygen atoms in total. The first-order chi connectivity index (χ1) is 13.2. The van der Waals surface area contributed by atoms with Crippen molar-refractivity contribution in [3.8, 4) is 34.0 Å². The van der Waals surface area contributed by atoms with Gasteiger partial charge in [0.05, 0.1) is 31.5 Å². The molecule has 0 aliphatic rings. The Balaban J connectivity index is 2.40. The molecule has 0 aliphatic carbocycles. The molecule has 0 amide bonds. The van der Waals surface area contributed by atoms with Gasteiger partial charge >= 0.3 is 0 Å². The molecule has 12 heteroatoms. The van der Waals surface area contributed by atoms with Gasteiger partial charge in [0.1, 0.15) is 11.4 Å². The fraction of sp³-hybridized carbons (Fsp3) is 0.125. The summed E-state index contributed by atoms with van der Waals surface area (Å²) in [7, 11) is -1.13. The third-order valence-electron chi connectivity index (χ3n) is 3.72. The zero-order valence-electron chi connectivity index (χ0n) is 14.6. The first-order valence-corrected chi connectivity index (χ1v) is 9.85. The Bertz CT molecular complexity index is 1160. The van der Waals surface area contributed by atoms with Crippen molar-refractivity contribution in [3.05, 3.63) is 41.2 Å². The fourth-order valence-electron chi connectivity index (χ4n) is 2.49. The van der Waals surface area contributed by atoms with E-state index < -0.39 is 10.0 Å². The number of primary sulfonamides is 1. The molecular weight excluding hydrogens is 429 g/mol. The molecule has 0 aliphatic heterocycles. The van der Waals surface area contributed by atoms with Crippen LogP contribution in [0.4, 0.5) is 0 Å². The largest absolute Gasteiger partial charge is 0.493 e. The second kappa shape index (κ2) is 7.84. The molecule has 28 heavy (non-hydrogen) atoms. The first kappa shape index (κ1) is 20.2. The molecule has 0 saturated heterocycles. The number of rotatable bonds is 5. The Labute approximate surface area is 170 Å². The second-order valence-corrected chi connectivity index (χ2v) is 7.60. The standard InChI is InChI=1S/C16H13Cl2N5O4S/c1-26-11-6-20-15(17)22-13(11)9-4-3-8(28(19,24)25)5-10(9)14-12(27-2)7-21-16(18)23-14/h3-7H,1-2H3,(H2,19,24,25). The van der Waals surface area contributed by atoms with Gasteiger partial charge in [-0.1, -0.05) is 6.07 Å². The van der Waals surface area contributed by atoms with E-state index >= 15 is 0 Å². The van der Waals surface area contributed by atoms with Crippen LogP contribution >= 0.6 is 23.2 Å². The van der Waals surface area contributed by atoms with E-state index in [4.69, 9.17) is 37.8 Å². The smallest absolute Gasteiger partial charge is 0.238 e. The molecule has 0 spiro atoms. The van der Waals surface area contributed by atoms with Crippen molar-refractivity contribution in [1.29, 1.82) is 0 Å². The number of nitrogens with two attached hydrogens (primary N) is 1. The monoisotopic (exact) mass is 441 g/mol. The zero-order valence-corrected chi connectivity index (χ0v) is 16.9. The lowest BCUT2D eigenvalue weighted by atomic mass is 10.0. The fourth-order valence-corrected chi connectivity index (χ4v) is 3.29. The predicted molar refractivity (Wildman–Crippen MR) is 103 cm³/mol. The average molecular weight is 442 g/mol. The van der Waals surface area contributed by atoms with Gasteiger partial charge in [-0.3, -0.25) is 0 Å². The predicted octanol–water partition coefficient (Wildman–Crippen LogP) is 2.57. The highest BCUT2D eigenvalue weighted by Crippen LogP contribution is 2.40. The number of sulfonamides is 1. The zero-order chi connectivity index (χ0) is 20.5. The molecule has 2 heterocycles. The number of methoxy groups -OCH3 is 2. The number of nitrogens with zero attached hydrogens (tertiary/aromatic N) is 4. The first-order valence-electron chi connectivity index (χ1n) is 7.55. The normalized spacial score (nSPS) is 11.3. The van der Waals surface area contributed by atoms with E-state index in [-0.39, 0.29) is 26.9 Å². The van der Waals surface area contributed by atoms with Gasteiger partial charge in [0.2, 0.25) is 20.6 Å². The van der Waals surface area contributed by atoms with E-state index in [1.807, 2.05) is 0 Å². The number of benzene rings is 1. The highest BCUT2D eigenvalue weighted by molar-refractivity contribution is 7.89. The van der Waals surface area contributed by atoms with E-state index in [1.54, 1.807) is 0 Å². The van der Waals surface area contributed by atoms with Crippen LogP contribution in [0.1, 0.15) is 0 Å². The van der Waals surface area contributed by atoms with Crippen LogP contribution in [0.3, 0.4) is 0 Å². The summed E-state index contributed by atoms with van der Waals surface area (Å²) in [4.78, 5) is 16.0. The van der Waals surface area contributed by atoms with Gasteiger partial charge in [0.15, 0.2) is 11.5 Å². The van der Waals surface area contributed by atoms with Gasteiger partial charge in [0, 0.05) is 11.1 Å². The number of ether oxygens (including phenoxy) is 2. The number of halogens is 2. The summed E-state index contributed by atoms with van der Waals surface area (Å²) >= 11 is 11.9. The van der Waals surface area contributed by atoms with Gasteiger partial charge in [0.25, 0.3) is 0 Å². The summed E-state index contributed by atoms with van der Waals surface area (Å²) in [5, 5.41) is 5.20. The van der Waals surface area contributed by atoms with Crippen LogP contribution < -0.4 is 14.6 Å². The van der Waals surface area contributed by atoms with E-state index in [1.165, 1.54) is 44.8 Å². The molecule has 0 fully saturated rings. The van der Waals surface area contributed by atoms with Gasteiger partial charge in [-0.2, -0.15) is 0 Å². The highest BCUT2D eigenvalue weighted by Gasteiger charge is 2.22. The lowest BCUT2D eigenvalue weighted by Crippen LogP contribution is -2.12. The molecule has 0 unspecified atom stereocenters. The van der Waals surface area contributed by atoms with Crippen molar-refractivity contribution in [2.24, 2.45) is 5.14 Å². The van der Waals surface area contributed by atoms with Gasteiger partial charge < -0.3 is 9.47 Å². The van der Waals surface area contributed by atoms with Crippen LogP contribution in [0.2, 0.25) is 10.6 Å². The lowest BCUT2D eigenvalue weighted by Gasteiger charge is -2.15. The minimum atomic E-state index is -3.99. The average Bonchev–Trinajstić information content (AvgIpc) is 2.66. The quantitative estimate of drug-likeness (QED) is 0.597. The minimum Gasteiger partial charge on any atom is -0.493 e. The van der Waals surface area contributed by atoms with E-state index in [2.05, 4.69) is 19.9 Å². The molecule has 0 saturated carbocycles. The Kier molecular flexibility index (Phi) is 5.66. The van der Waals surface area contributed by atoms with Crippen LogP contribution in [-0.2, 0) is 10.0 Å². The van der Waals surface area contributed by atoms with E-state index in [0.29, 0.717) is 22.6 Å². The molecule has 3 rings (SSSR count). The summed E-state index contributed by atoms with van der Waals surface area (Å²) in [6.45, 7) is 0. The molecule has 0 radical (unpaired) electrons. The lowest BCUT2D eigenvalue weighted by molar-refractivity contribution is 0.412.